The largest absolute Gasteiger partial charge is 0.494 e. The summed E-state index contributed by atoms with van der Waals surface area (Å²) in [6.45, 7) is 7.02. The zero-order chi connectivity index (χ0) is 28.2. The number of anilines is 1. The van der Waals surface area contributed by atoms with Crippen molar-refractivity contribution in [3.05, 3.63) is 66.5 Å². The van der Waals surface area contributed by atoms with Crippen molar-refractivity contribution in [2.45, 2.75) is 45.2 Å². The molecule has 0 bridgehead atoms. The van der Waals surface area contributed by atoms with Crippen LogP contribution in [0, 0.1) is 6.92 Å². The third-order valence-electron chi connectivity index (χ3n) is 5.83. The Labute approximate surface area is 227 Å². The maximum absolute atomic E-state index is 13.8. The van der Waals surface area contributed by atoms with Crippen molar-refractivity contribution in [3.8, 4) is 28.6 Å². The van der Waals surface area contributed by atoms with Gasteiger partial charge in [-0.1, -0.05) is 6.07 Å². The van der Waals surface area contributed by atoms with Crippen LogP contribution < -0.4 is 14.2 Å². The predicted octanol–water partition coefficient (Wildman–Crippen LogP) is 3.74. The van der Waals surface area contributed by atoms with E-state index in [9.17, 15) is 8.42 Å². The highest BCUT2D eigenvalue weighted by atomic mass is 32.2. The molecule has 12 nitrogen and oxygen atoms in total. The zero-order valence-electron chi connectivity index (χ0n) is 22.6. The molecule has 0 aliphatic carbocycles. The third kappa shape index (κ3) is 5.99. The van der Waals surface area contributed by atoms with Crippen molar-refractivity contribution in [1.82, 2.24) is 29.7 Å². The Morgan fingerprint density at radius 2 is 1.59 bits per heavy atom. The molecule has 39 heavy (non-hydrogen) atoms. The monoisotopic (exact) mass is 553 g/mol. The number of ether oxygens (including phenoxy) is 3. The van der Waals surface area contributed by atoms with Crippen molar-refractivity contribution in [2.24, 2.45) is 0 Å². The van der Waals surface area contributed by atoms with Crippen LogP contribution in [0.25, 0.3) is 17.1 Å². The first-order valence-electron chi connectivity index (χ1n) is 12.2. The Bertz CT molecular complexity index is 1490. The van der Waals surface area contributed by atoms with Crippen LogP contribution in [0.3, 0.4) is 0 Å². The molecular formula is C26H31N7O5S. The van der Waals surface area contributed by atoms with Crippen LogP contribution in [0.5, 0.6) is 11.5 Å². The molecule has 13 heteroatoms. The summed E-state index contributed by atoms with van der Waals surface area (Å²) in [7, 11) is -1.12. The van der Waals surface area contributed by atoms with Crippen molar-refractivity contribution >= 4 is 16.0 Å². The third-order valence-corrected chi connectivity index (χ3v) is 7.52. The normalized spacial score (nSPS) is 13.2. The average molecular weight is 554 g/mol. The number of nitrogens with one attached hydrogen (secondary N) is 1. The maximum Gasteiger partial charge on any atom is 0.243 e. The maximum atomic E-state index is 13.8. The van der Waals surface area contributed by atoms with E-state index in [1.165, 1.54) is 25.7 Å². The van der Waals surface area contributed by atoms with Gasteiger partial charge in [-0.2, -0.15) is 0 Å². The minimum absolute atomic E-state index is 0.0726. The fraction of sp³-hybridized carbons (Fsp3) is 0.346. The highest BCUT2D eigenvalue weighted by Gasteiger charge is 2.36. The first-order valence-corrected chi connectivity index (χ1v) is 13.7. The summed E-state index contributed by atoms with van der Waals surface area (Å²) < 4.78 is 48.9. The minimum Gasteiger partial charge on any atom is -0.494 e. The van der Waals surface area contributed by atoms with Crippen molar-refractivity contribution < 1.29 is 22.6 Å². The summed E-state index contributed by atoms with van der Waals surface area (Å²) in [6, 6.07) is 8.75. The van der Waals surface area contributed by atoms with Crippen molar-refractivity contribution in [2.75, 3.05) is 18.9 Å². The molecule has 2 atom stereocenters. The molecular weight excluding hydrogens is 522 g/mol. The van der Waals surface area contributed by atoms with Gasteiger partial charge in [-0.25, -0.2) is 18.4 Å². The van der Waals surface area contributed by atoms with Crippen LogP contribution in [0.2, 0.25) is 0 Å². The quantitative estimate of drug-likeness (QED) is 0.292. The minimum atomic E-state index is -4.13. The van der Waals surface area contributed by atoms with Crippen LogP contribution >= 0.6 is 0 Å². The number of aromatic nitrogens is 6. The Balaban J connectivity index is 1.83. The standard InChI is InChI=1S/C26H31N7O5S/c1-16(2)38-23(24-28-13-17(3)14-29-24)18(4)39(34,35)32-26-31-30-25(19-9-8-12-27-15-19)33(26)22-20(36-5)10-7-11-21(22)37-6/h7-16,18,23H,1-6H3,(H,31,32)/t18-,23-/m0/s1. The summed E-state index contributed by atoms with van der Waals surface area (Å²) in [5.41, 5.74) is 1.86. The number of benzene rings is 1. The first-order chi connectivity index (χ1) is 18.7. The van der Waals surface area contributed by atoms with Gasteiger partial charge in [0.25, 0.3) is 0 Å². The second kappa shape index (κ2) is 11.7. The van der Waals surface area contributed by atoms with Crippen molar-refractivity contribution in [3.63, 3.8) is 0 Å². The van der Waals surface area contributed by atoms with E-state index >= 15 is 0 Å². The average Bonchev–Trinajstić information content (AvgIpc) is 3.33. The van der Waals surface area contributed by atoms with E-state index in [4.69, 9.17) is 14.2 Å². The first kappa shape index (κ1) is 27.9. The lowest BCUT2D eigenvalue weighted by Crippen LogP contribution is -2.35. The number of rotatable bonds is 11. The molecule has 0 saturated heterocycles. The molecule has 1 N–H and O–H groups in total. The molecule has 3 aromatic heterocycles. The lowest BCUT2D eigenvalue weighted by molar-refractivity contribution is 0.00152. The van der Waals surface area contributed by atoms with Crippen LogP contribution in [0.4, 0.5) is 5.95 Å². The molecule has 1 aromatic carbocycles. The van der Waals surface area contributed by atoms with Gasteiger partial charge < -0.3 is 14.2 Å². The number of aryl methyl sites for hydroxylation is 1. The summed E-state index contributed by atoms with van der Waals surface area (Å²) in [5, 5.41) is 7.40. The topological polar surface area (TPSA) is 143 Å². The van der Waals surface area contributed by atoms with E-state index in [1.807, 2.05) is 20.8 Å². The number of sulfonamides is 1. The van der Waals surface area contributed by atoms with Crippen LogP contribution in [-0.2, 0) is 14.8 Å². The molecule has 4 rings (SSSR count). The summed E-state index contributed by atoms with van der Waals surface area (Å²) in [4.78, 5) is 12.8. The molecule has 0 aliphatic rings. The van der Waals surface area contributed by atoms with E-state index in [0.717, 1.165) is 5.56 Å². The summed E-state index contributed by atoms with van der Waals surface area (Å²) in [5.74, 6) is 1.35. The van der Waals surface area contributed by atoms with Gasteiger partial charge in [0, 0.05) is 30.4 Å². The van der Waals surface area contributed by atoms with E-state index in [0.29, 0.717) is 28.6 Å². The Kier molecular flexibility index (Phi) is 8.41. The van der Waals surface area contributed by atoms with Gasteiger partial charge in [-0.3, -0.25) is 14.3 Å². The molecule has 0 spiro atoms. The molecule has 0 saturated carbocycles. The number of pyridine rings is 1. The second-order valence-corrected chi connectivity index (χ2v) is 11.0. The number of nitrogens with zero attached hydrogens (tertiary/aromatic N) is 6. The molecule has 0 radical (unpaired) electrons. The SMILES string of the molecule is COc1cccc(OC)c1-n1c(NS(=O)(=O)[C@@H](C)[C@H](OC(C)C)c2ncc(C)cn2)nnc1-c1cccnc1. The number of methoxy groups -OCH3 is 2. The molecule has 0 unspecified atom stereocenters. The van der Waals surface area contributed by atoms with Crippen LogP contribution in [0.15, 0.2) is 55.1 Å². The second-order valence-electron chi connectivity index (χ2n) is 9.01. The highest BCUT2D eigenvalue weighted by Crippen LogP contribution is 2.38. The van der Waals surface area contributed by atoms with Gasteiger partial charge in [0.15, 0.2) is 11.6 Å². The Morgan fingerprint density at radius 3 is 2.15 bits per heavy atom. The zero-order valence-corrected chi connectivity index (χ0v) is 23.4. The van der Waals surface area contributed by atoms with Gasteiger partial charge in [0.2, 0.25) is 16.0 Å². The molecule has 4 aromatic rings. The van der Waals surface area contributed by atoms with E-state index in [1.54, 1.807) is 55.1 Å². The lowest BCUT2D eigenvalue weighted by Gasteiger charge is -2.25. The molecule has 3 heterocycles. The smallest absolute Gasteiger partial charge is 0.243 e. The van der Waals surface area contributed by atoms with Crippen LogP contribution in [0.1, 0.15) is 38.3 Å². The fourth-order valence-electron chi connectivity index (χ4n) is 3.90. The number of hydrogen-bond acceptors (Lipinski definition) is 10. The molecule has 0 amide bonds. The van der Waals surface area contributed by atoms with E-state index < -0.39 is 21.4 Å². The molecule has 206 valence electrons. The van der Waals surface area contributed by atoms with Crippen molar-refractivity contribution in [1.29, 1.82) is 0 Å². The van der Waals surface area contributed by atoms with Gasteiger partial charge in [0.05, 0.1) is 20.3 Å². The predicted molar refractivity (Wildman–Crippen MR) is 145 cm³/mol. The van der Waals surface area contributed by atoms with Gasteiger partial charge >= 0.3 is 0 Å². The van der Waals surface area contributed by atoms with Crippen LogP contribution in [-0.4, -0.2) is 63.7 Å². The number of hydrogen-bond donors (Lipinski definition) is 1. The van der Waals surface area contributed by atoms with E-state index in [2.05, 4.69) is 29.9 Å². The summed E-state index contributed by atoms with van der Waals surface area (Å²) in [6.07, 6.45) is 5.24. The number of para-hydroxylation sites is 1. The lowest BCUT2D eigenvalue weighted by atomic mass is 10.2. The Morgan fingerprint density at radius 1 is 0.923 bits per heavy atom. The van der Waals surface area contributed by atoms with Gasteiger partial charge in [0.1, 0.15) is 28.5 Å². The van der Waals surface area contributed by atoms with E-state index in [-0.39, 0.29) is 17.9 Å². The van der Waals surface area contributed by atoms with Gasteiger partial charge in [-0.05, 0) is 57.5 Å². The Hall–Kier alpha value is -4.10. The molecule has 0 aliphatic heterocycles. The molecule has 0 fully saturated rings. The highest BCUT2D eigenvalue weighted by molar-refractivity contribution is 7.93. The van der Waals surface area contributed by atoms with Gasteiger partial charge in [-0.15, -0.1) is 10.2 Å². The fourth-order valence-corrected chi connectivity index (χ4v) is 4.99. The summed E-state index contributed by atoms with van der Waals surface area (Å²) >= 11 is 0.